The van der Waals surface area contributed by atoms with E-state index in [4.69, 9.17) is 5.73 Å². The van der Waals surface area contributed by atoms with E-state index in [9.17, 15) is 0 Å². The van der Waals surface area contributed by atoms with E-state index in [2.05, 4.69) is 27.9 Å². The van der Waals surface area contributed by atoms with E-state index < -0.39 is 0 Å². The molecule has 0 radical (unpaired) electrons. The van der Waals surface area contributed by atoms with Crippen LogP contribution in [-0.2, 0) is 6.54 Å². The fourth-order valence-corrected chi connectivity index (χ4v) is 1.85. The van der Waals surface area contributed by atoms with Gasteiger partial charge in [-0.05, 0) is 34.0 Å². The lowest BCUT2D eigenvalue weighted by molar-refractivity contribution is 1.05. The number of nitrogens with zero attached hydrogens (tertiary/aromatic N) is 1. The van der Waals surface area contributed by atoms with E-state index in [1.807, 2.05) is 6.20 Å². The third kappa shape index (κ3) is 1.76. The summed E-state index contributed by atoms with van der Waals surface area (Å²) in [6.45, 7) is 0.547. The van der Waals surface area contributed by atoms with Crippen molar-refractivity contribution in [3.63, 3.8) is 0 Å². The molecule has 0 aliphatic rings. The molecule has 0 aliphatic carbocycles. The maximum atomic E-state index is 5.53. The molecule has 0 unspecified atom stereocenters. The average Bonchev–Trinajstić information content (AvgIpc) is 2.71. The normalized spacial score (nSPS) is 10.2. The van der Waals surface area contributed by atoms with Gasteiger partial charge in [0.1, 0.15) is 0 Å². The summed E-state index contributed by atoms with van der Waals surface area (Å²) in [5, 5.41) is 4.17. The van der Waals surface area contributed by atoms with Crippen molar-refractivity contribution < 1.29 is 0 Å². The zero-order valence-corrected chi connectivity index (χ0v) is 7.92. The van der Waals surface area contributed by atoms with Gasteiger partial charge in [0.25, 0.3) is 0 Å². The van der Waals surface area contributed by atoms with Crippen molar-refractivity contribution in [2.45, 2.75) is 6.54 Å². The number of pyridine rings is 1. The minimum Gasteiger partial charge on any atom is -0.326 e. The molecule has 2 heterocycles. The van der Waals surface area contributed by atoms with Crippen LogP contribution in [0.25, 0.3) is 11.1 Å². The van der Waals surface area contributed by atoms with Crippen LogP contribution in [0.3, 0.4) is 0 Å². The minimum absolute atomic E-state index is 0.547. The van der Waals surface area contributed by atoms with E-state index in [1.54, 1.807) is 17.5 Å². The first kappa shape index (κ1) is 8.41. The fraction of sp³-hybridized carbons (Fsp3) is 0.100. The number of thiophene rings is 1. The van der Waals surface area contributed by atoms with Crippen LogP contribution in [0.2, 0.25) is 0 Å². The quantitative estimate of drug-likeness (QED) is 0.789. The molecule has 2 N–H and O–H groups in total. The summed E-state index contributed by atoms with van der Waals surface area (Å²) in [5.74, 6) is 0. The molecule has 0 saturated heterocycles. The largest absolute Gasteiger partial charge is 0.326 e. The Morgan fingerprint density at radius 3 is 2.92 bits per heavy atom. The smallest absolute Gasteiger partial charge is 0.0346 e. The number of hydrogen-bond acceptors (Lipinski definition) is 3. The van der Waals surface area contributed by atoms with Crippen LogP contribution in [0, 0.1) is 0 Å². The standard InChI is InChI=1S/C10H10N2S/c11-4-8-3-10(6-12-5-8)9-1-2-13-7-9/h1-3,5-7H,4,11H2. The van der Waals surface area contributed by atoms with E-state index >= 15 is 0 Å². The highest BCUT2D eigenvalue weighted by atomic mass is 32.1. The van der Waals surface area contributed by atoms with Crippen molar-refractivity contribution in [2.24, 2.45) is 5.73 Å². The Morgan fingerprint density at radius 1 is 1.31 bits per heavy atom. The summed E-state index contributed by atoms with van der Waals surface area (Å²) in [7, 11) is 0. The van der Waals surface area contributed by atoms with Crippen LogP contribution in [0.1, 0.15) is 5.56 Å². The predicted octanol–water partition coefficient (Wildman–Crippen LogP) is 2.27. The van der Waals surface area contributed by atoms with Gasteiger partial charge in [-0.25, -0.2) is 0 Å². The lowest BCUT2D eigenvalue weighted by Crippen LogP contribution is -1.96. The van der Waals surface area contributed by atoms with Gasteiger partial charge in [0.2, 0.25) is 0 Å². The SMILES string of the molecule is NCc1cncc(-c2ccsc2)c1. The maximum Gasteiger partial charge on any atom is 0.0346 e. The molecule has 0 aliphatic heterocycles. The van der Waals surface area contributed by atoms with E-state index in [0.717, 1.165) is 11.1 Å². The minimum atomic E-state index is 0.547. The van der Waals surface area contributed by atoms with Crippen molar-refractivity contribution in [3.8, 4) is 11.1 Å². The number of aromatic nitrogens is 1. The highest BCUT2D eigenvalue weighted by molar-refractivity contribution is 7.08. The molecule has 66 valence electrons. The molecule has 0 aromatic carbocycles. The zero-order valence-electron chi connectivity index (χ0n) is 7.10. The van der Waals surface area contributed by atoms with E-state index in [1.165, 1.54) is 5.56 Å². The second-order valence-electron chi connectivity index (χ2n) is 2.80. The lowest BCUT2D eigenvalue weighted by Gasteiger charge is -1.99. The van der Waals surface area contributed by atoms with Crippen LogP contribution in [0.5, 0.6) is 0 Å². The summed E-state index contributed by atoms with van der Waals surface area (Å²) < 4.78 is 0. The van der Waals surface area contributed by atoms with Crippen LogP contribution in [0.4, 0.5) is 0 Å². The first-order valence-electron chi connectivity index (χ1n) is 4.06. The topological polar surface area (TPSA) is 38.9 Å². The Balaban J connectivity index is 2.41. The molecule has 2 aromatic rings. The summed E-state index contributed by atoms with van der Waals surface area (Å²) in [4.78, 5) is 4.14. The Bertz CT molecular complexity index is 382. The summed E-state index contributed by atoms with van der Waals surface area (Å²) in [5.41, 5.74) is 8.97. The molecule has 0 spiro atoms. The third-order valence-corrected chi connectivity index (χ3v) is 2.57. The Hall–Kier alpha value is -1.19. The van der Waals surface area contributed by atoms with E-state index in [-0.39, 0.29) is 0 Å². The van der Waals surface area contributed by atoms with Crippen LogP contribution in [0.15, 0.2) is 35.3 Å². The van der Waals surface area contributed by atoms with Crippen molar-refractivity contribution in [2.75, 3.05) is 0 Å². The van der Waals surface area contributed by atoms with Gasteiger partial charge < -0.3 is 5.73 Å². The van der Waals surface area contributed by atoms with Crippen LogP contribution < -0.4 is 5.73 Å². The molecule has 13 heavy (non-hydrogen) atoms. The summed E-state index contributed by atoms with van der Waals surface area (Å²) in [6, 6.07) is 4.16. The number of hydrogen-bond donors (Lipinski definition) is 1. The number of nitrogens with two attached hydrogens (primary N) is 1. The fourth-order valence-electron chi connectivity index (χ4n) is 1.19. The van der Waals surface area contributed by atoms with Gasteiger partial charge in [-0.3, -0.25) is 4.98 Å². The second kappa shape index (κ2) is 3.68. The maximum absolute atomic E-state index is 5.53. The summed E-state index contributed by atoms with van der Waals surface area (Å²) in [6.07, 6.45) is 3.66. The second-order valence-corrected chi connectivity index (χ2v) is 3.58. The lowest BCUT2D eigenvalue weighted by atomic mass is 10.1. The van der Waals surface area contributed by atoms with Crippen molar-refractivity contribution in [1.82, 2.24) is 4.98 Å². The molecule has 0 fully saturated rings. The van der Waals surface area contributed by atoms with Gasteiger partial charge in [0.05, 0.1) is 0 Å². The average molecular weight is 190 g/mol. The number of rotatable bonds is 2. The van der Waals surface area contributed by atoms with Crippen LogP contribution >= 0.6 is 11.3 Å². The Labute approximate surface area is 81.1 Å². The molecule has 0 saturated carbocycles. The third-order valence-electron chi connectivity index (χ3n) is 1.89. The van der Waals surface area contributed by atoms with Gasteiger partial charge >= 0.3 is 0 Å². The Morgan fingerprint density at radius 2 is 2.23 bits per heavy atom. The van der Waals surface area contributed by atoms with Crippen LogP contribution in [-0.4, -0.2) is 4.98 Å². The molecular formula is C10H10N2S. The van der Waals surface area contributed by atoms with Gasteiger partial charge in [0, 0.05) is 24.5 Å². The van der Waals surface area contributed by atoms with Crippen molar-refractivity contribution in [1.29, 1.82) is 0 Å². The zero-order chi connectivity index (χ0) is 9.10. The van der Waals surface area contributed by atoms with Crippen molar-refractivity contribution in [3.05, 3.63) is 40.8 Å². The van der Waals surface area contributed by atoms with Gasteiger partial charge in [-0.15, -0.1) is 0 Å². The Kier molecular flexibility index (Phi) is 2.38. The molecule has 2 nitrogen and oxygen atoms in total. The highest BCUT2D eigenvalue weighted by Crippen LogP contribution is 2.21. The molecule has 2 aromatic heterocycles. The van der Waals surface area contributed by atoms with Gasteiger partial charge in [-0.1, -0.05) is 0 Å². The molecule has 0 bridgehead atoms. The molecule has 2 rings (SSSR count). The first-order valence-corrected chi connectivity index (χ1v) is 5.01. The van der Waals surface area contributed by atoms with Gasteiger partial charge in [-0.2, -0.15) is 11.3 Å². The highest BCUT2D eigenvalue weighted by Gasteiger charge is 1.98. The summed E-state index contributed by atoms with van der Waals surface area (Å²) >= 11 is 1.69. The molecule has 0 atom stereocenters. The molecule has 3 heteroatoms. The van der Waals surface area contributed by atoms with Gasteiger partial charge in [0.15, 0.2) is 0 Å². The molecular weight excluding hydrogens is 180 g/mol. The first-order chi connectivity index (χ1) is 6.40. The van der Waals surface area contributed by atoms with Crippen molar-refractivity contribution >= 4 is 11.3 Å². The van der Waals surface area contributed by atoms with E-state index in [0.29, 0.717) is 6.54 Å². The predicted molar refractivity (Wildman–Crippen MR) is 55.4 cm³/mol. The monoisotopic (exact) mass is 190 g/mol. The molecule has 0 amide bonds.